The van der Waals surface area contributed by atoms with Crippen LogP contribution in [0.15, 0.2) is 9.41 Å². The molecule has 0 radical (unpaired) electrons. The van der Waals surface area contributed by atoms with E-state index in [1.54, 1.807) is 0 Å². The lowest BCUT2D eigenvalue weighted by molar-refractivity contribution is 0.0925. The van der Waals surface area contributed by atoms with Gasteiger partial charge in [0, 0.05) is 29.3 Å². The van der Waals surface area contributed by atoms with Crippen molar-refractivity contribution < 1.29 is 9.21 Å². The summed E-state index contributed by atoms with van der Waals surface area (Å²) < 4.78 is 5.80. The molecule has 1 amide bonds. The van der Waals surface area contributed by atoms with E-state index in [0.29, 0.717) is 17.6 Å². The highest BCUT2D eigenvalue weighted by molar-refractivity contribution is 8.14. The summed E-state index contributed by atoms with van der Waals surface area (Å²) in [6.45, 7) is 6.56. The normalized spacial score (nSPS) is 24.7. The number of nitrogens with one attached hydrogen (secondary N) is 1. The van der Waals surface area contributed by atoms with Gasteiger partial charge in [0.15, 0.2) is 5.76 Å². The number of fused-ring (bicyclic) bond motifs is 3. The Kier molecular flexibility index (Phi) is 3.17. The molecule has 1 aromatic rings. The fraction of sp³-hybridized carbons (Fsp3) is 0.571. The van der Waals surface area contributed by atoms with Crippen molar-refractivity contribution in [3.05, 3.63) is 22.6 Å². The molecule has 102 valence electrons. The van der Waals surface area contributed by atoms with Crippen molar-refractivity contribution in [2.45, 2.75) is 44.9 Å². The van der Waals surface area contributed by atoms with Gasteiger partial charge in [-0.05, 0) is 27.2 Å². The molecule has 1 aromatic heterocycles. The average molecular weight is 278 g/mol. The van der Waals surface area contributed by atoms with Crippen LogP contribution in [0.4, 0.5) is 0 Å². The molecule has 0 aromatic carbocycles. The zero-order valence-electron chi connectivity index (χ0n) is 11.4. The van der Waals surface area contributed by atoms with Crippen molar-refractivity contribution in [3.8, 4) is 0 Å². The molecule has 3 rings (SSSR count). The molecule has 1 aliphatic heterocycles. The Balaban J connectivity index is 2.02. The molecule has 2 atom stereocenters. The number of aliphatic imine (C=N–C) groups is 1. The van der Waals surface area contributed by atoms with Crippen LogP contribution in [-0.4, -0.2) is 22.7 Å². The van der Waals surface area contributed by atoms with E-state index < -0.39 is 0 Å². The highest BCUT2D eigenvalue weighted by atomic mass is 32.2. The lowest BCUT2D eigenvalue weighted by Crippen LogP contribution is -2.23. The Hall–Kier alpha value is -1.23. The minimum atomic E-state index is -0.114. The molecule has 19 heavy (non-hydrogen) atoms. The van der Waals surface area contributed by atoms with Gasteiger partial charge in [-0.1, -0.05) is 0 Å². The van der Waals surface area contributed by atoms with E-state index in [4.69, 9.17) is 9.41 Å². The lowest BCUT2D eigenvalue weighted by atomic mass is 9.90. The van der Waals surface area contributed by atoms with Crippen molar-refractivity contribution in [2.75, 3.05) is 6.54 Å². The number of furan rings is 1. The van der Waals surface area contributed by atoms with E-state index >= 15 is 0 Å². The molecular formula is C14H18N2O2S. The molecule has 5 heteroatoms. The standard InChI is InChI=1S/C14H18N2O2S/c1-4-15-14(17)13-7(2)11-9(18-13)5-6-10-12(11)16-8(3)19-10/h10,12H,4-6H2,1-3H3,(H,15,17). The van der Waals surface area contributed by atoms with E-state index in [-0.39, 0.29) is 11.9 Å². The van der Waals surface area contributed by atoms with Crippen molar-refractivity contribution >= 4 is 22.7 Å². The number of rotatable bonds is 2. The minimum Gasteiger partial charge on any atom is -0.455 e. The van der Waals surface area contributed by atoms with Crippen molar-refractivity contribution in [3.63, 3.8) is 0 Å². The van der Waals surface area contributed by atoms with Gasteiger partial charge >= 0.3 is 0 Å². The van der Waals surface area contributed by atoms with Gasteiger partial charge in [-0.25, -0.2) is 0 Å². The van der Waals surface area contributed by atoms with Gasteiger partial charge in [0.25, 0.3) is 5.91 Å². The quantitative estimate of drug-likeness (QED) is 0.905. The zero-order valence-corrected chi connectivity index (χ0v) is 12.3. The number of amides is 1. The Bertz CT molecular complexity index is 562. The highest BCUT2D eigenvalue weighted by Crippen LogP contribution is 2.47. The van der Waals surface area contributed by atoms with Gasteiger partial charge < -0.3 is 9.73 Å². The summed E-state index contributed by atoms with van der Waals surface area (Å²) in [5, 5.41) is 4.47. The predicted molar refractivity (Wildman–Crippen MR) is 77.0 cm³/mol. The molecule has 0 saturated carbocycles. The Morgan fingerprint density at radius 1 is 1.53 bits per heavy atom. The van der Waals surface area contributed by atoms with Crippen LogP contribution in [0.25, 0.3) is 0 Å². The SMILES string of the molecule is CCNC(=O)c1oc2c(c1C)C1N=C(C)SC1CC2. The van der Waals surface area contributed by atoms with Crippen molar-refractivity contribution in [1.29, 1.82) is 0 Å². The molecule has 1 aliphatic carbocycles. The number of hydrogen-bond acceptors (Lipinski definition) is 4. The van der Waals surface area contributed by atoms with Crippen LogP contribution < -0.4 is 5.32 Å². The van der Waals surface area contributed by atoms with Gasteiger partial charge in [-0.2, -0.15) is 0 Å². The number of thioether (sulfide) groups is 1. The van der Waals surface area contributed by atoms with Gasteiger partial charge in [-0.3, -0.25) is 9.79 Å². The second kappa shape index (κ2) is 4.71. The van der Waals surface area contributed by atoms with Gasteiger partial charge in [-0.15, -0.1) is 11.8 Å². The molecule has 0 bridgehead atoms. The van der Waals surface area contributed by atoms with Crippen LogP contribution in [0.2, 0.25) is 0 Å². The summed E-state index contributed by atoms with van der Waals surface area (Å²) in [4.78, 5) is 16.7. The van der Waals surface area contributed by atoms with Crippen LogP contribution in [0.3, 0.4) is 0 Å². The first-order valence-electron chi connectivity index (χ1n) is 6.73. The van der Waals surface area contributed by atoms with Gasteiger partial charge in [0.05, 0.1) is 11.1 Å². The minimum absolute atomic E-state index is 0.114. The first-order chi connectivity index (χ1) is 9.11. The molecule has 2 aliphatic rings. The fourth-order valence-corrected chi connectivity index (χ4v) is 4.12. The molecule has 2 heterocycles. The van der Waals surface area contributed by atoms with Crippen LogP contribution in [0.5, 0.6) is 0 Å². The number of carbonyl (C=O) groups is 1. The Labute approximate surface area is 117 Å². The van der Waals surface area contributed by atoms with E-state index in [1.807, 2.05) is 25.6 Å². The van der Waals surface area contributed by atoms with Crippen molar-refractivity contribution in [2.24, 2.45) is 4.99 Å². The third-order valence-corrected chi connectivity index (χ3v) is 5.00. The monoisotopic (exact) mass is 278 g/mol. The largest absolute Gasteiger partial charge is 0.455 e. The van der Waals surface area contributed by atoms with E-state index in [2.05, 4.69) is 12.2 Å². The smallest absolute Gasteiger partial charge is 0.287 e. The molecule has 1 N–H and O–H groups in total. The molecule has 4 nitrogen and oxygen atoms in total. The first-order valence-corrected chi connectivity index (χ1v) is 7.61. The summed E-state index contributed by atoms with van der Waals surface area (Å²) in [6.07, 6.45) is 1.98. The maximum atomic E-state index is 12.0. The maximum Gasteiger partial charge on any atom is 0.287 e. The summed E-state index contributed by atoms with van der Waals surface area (Å²) in [5.74, 6) is 1.31. The molecule has 0 fully saturated rings. The summed E-state index contributed by atoms with van der Waals surface area (Å²) in [5.41, 5.74) is 2.12. The number of nitrogens with zero attached hydrogens (tertiary/aromatic N) is 1. The van der Waals surface area contributed by atoms with Crippen LogP contribution in [-0.2, 0) is 6.42 Å². The molecule has 0 spiro atoms. The second-order valence-electron chi connectivity index (χ2n) is 5.04. The third kappa shape index (κ3) is 2.00. The highest BCUT2D eigenvalue weighted by Gasteiger charge is 2.39. The van der Waals surface area contributed by atoms with E-state index in [1.165, 1.54) is 0 Å². The predicted octanol–water partition coefficient (Wildman–Crippen LogP) is 2.86. The average Bonchev–Trinajstić information content (AvgIpc) is 2.89. The second-order valence-corrected chi connectivity index (χ2v) is 6.47. The number of aryl methyl sites for hydroxylation is 1. The van der Waals surface area contributed by atoms with E-state index in [9.17, 15) is 4.79 Å². The maximum absolute atomic E-state index is 12.0. The Morgan fingerprint density at radius 3 is 3.05 bits per heavy atom. The third-order valence-electron chi connectivity index (χ3n) is 3.76. The first kappa shape index (κ1) is 12.8. The molecule has 0 saturated heterocycles. The van der Waals surface area contributed by atoms with Crippen LogP contribution in [0, 0.1) is 6.92 Å². The Morgan fingerprint density at radius 2 is 2.32 bits per heavy atom. The zero-order chi connectivity index (χ0) is 13.6. The molecule has 2 unspecified atom stereocenters. The molecular weight excluding hydrogens is 260 g/mol. The topological polar surface area (TPSA) is 54.6 Å². The van der Waals surface area contributed by atoms with Gasteiger partial charge in [0.2, 0.25) is 0 Å². The van der Waals surface area contributed by atoms with Crippen LogP contribution >= 0.6 is 11.8 Å². The number of hydrogen-bond donors (Lipinski definition) is 1. The fourth-order valence-electron chi connectivity index (χ4n) is 2.95. The summed E-state index contributed by atoms with van der Waals surface area (Å²) >= 11 is 1.86. The lowest BCUT2D eigenvalue weighted by Gasteiger charge is -2.22. The van der Waals surface area contributed by atoms with Crippen molar-refractivity contribution in [1.82, 2.24) is 5.32 Å². The van der Waals surface area contributed by atoms with E-state index in [0.717, 1.165) is 34.8 Å². The van der Waals surface area contributed by atoms with Gasteiger partial charge in [0.1, 0.15) is 5.76 Å². The summed E-state index contributed by atoms with van der Waals surface area (Å²) in [6, 6.07) is 0.181. The van der Waals surface area contributed by atoms with Crippen LogP contribution in [0.1, 0.15) is 53.8 Å². The number of carbonyl (C=O) groups excluding carboxylic acids is 1. The summed E-state index contributed by atoms with van der Waals surface area (Å²) in [7, 11) is 0.